The van der Waals surface area contributed by atoms with Crippen LogP contribution >= 0.6 is 34.4 Å². The monoisotopic (exact) mass is 438 g/mol. The van der Waals surface area contributed by atoms with E-state index in [-0.39, 0.29) is 0 Å². The van der Waals surface area contributed by atoms with E-state index >= 15 is 0 Å². The second-order valence-corrected chi connectivity index (χ2v) is 9.72. The zero-order valence-corrected chi connectivity index (χ0v) is 19.1. The molecule has 0 bridgehead atoms. The molecule has 0 N–H and O–H groups in total. The predicted molar refractivity (Wildman–Crippen MR) is 125 cm³/mol. The van der Waals surface area contributed by atoms with E-state index in [0.29, 0.717) is 6.54 Å². The van der Waals surface area contributed by atoms with Crippen LogP contribution in [-0.2, 0) is 12.3 Å². The van der Waals surface area contributed by atoms with Crippen LogP contribution in [0.2, 0.25) is 0 Å². The largest absolute Gasteiger partial charge is 0.298 e. The number of allylic oxidation sites excluding steroid dienone is 1. The lowest BCUT2D eigenvalue weighted by Crippen LogP contribution is -2.01. The van der Waals surface area contributed by atoms with Crippen molar-refractivity contribution in [3.63, 3.8) is 0 Å². The highest BCUT2D eigenvalue weighted by atomic mass is 32.2. The topological polar surface area (TPSA) is 43.6 Å². The molecule has 0 spiro atoms. The number of rotatable bonds is 7. The van der Waals surface area contributed by atoms with Gasteiger partial charge in [-0.3, -0.25) is 4.57 Å². The number of hydrogen-bond donors (Lipinski definition) is 0. The van der Waals surface area contributed by atoms with Crippen molar-refractivity contribution in [1.29, 1.82) is 0 Å². The van der Waals surface area contributed by atoms with E-state index in [2.05, 4.69) is 77.1 Å². The molecule has 0 atom stereocenters. The normalized spacial score (nSPS) is 11.1. The van der Waals surface area contributed by atoms with Crippen molar-refractivity contribution in [2.45, 2.75) is 38.2 Å². The molecule has 1 aromatic carbocycles. The Bertz CT molecular complexity index is 1150. The van der Waals surface area contributed by atoms with Crippen molar-refractivity contribution in [1.82, 2.24) is 19.7 Å². The molecule has 0 aliphatic carbocycles. The van der Waals surface area contributed by atoms with Crippen LogP contribution in [0, 0.1) is 20.8 Å². The molecule has 4 aromatic rings. The summed E-state index contributed by atoms with van der Waals surface area (Å²) >= 11 is 5.11. The minimum Gasteiger partial charge on any atom is -0.298 e. The van der Waals surface area contributed by atoms with Crippen LogP contribution in [0.3, 0.4) is 0 Å². The van der Waals surface area contributed by atoms with E-state index < -0.39 is 0 Å². The summed E-state index contributed by atoms with van der Waals surface area (Å²) in [5.74, 6) is 1.67. The third-order valence-electron chi connectivity index (χ3n) is 4.72. The standard InChI is InChI=1S/C22H22N4S3/c1-5-9-26-20(19-13-27-16(4)15(19)3)24-25-22(26)29-12-18-11-28-21(23-18)17-8-6-7-14(2)10-17/h5-8,10-11,13H,1,9,12H2,2-4H3. The number of nitrogens with zero attached hydrogens (tertiary/aromatic N) is 4. The summed E-state index contributed by atoms with van der Waals surface area (Å²) in [5, 5.41) is 15.2. The van der Waals surface area contributed by atoms with Gasteiger partial charge in [0.15, 0.2) is 11.0 Å². The Balaban J connectivity index is 1.55. The fraction of sp³-hybridized carbons (Fsp3) is 0.227. The number of hydrogen-bond acceptors (Lipinski definition) is 6. The number of thiazole rings is 1. The van der Waals surface area contributed by atoms with Crippen molar-refractivity contribution >= 4 is 34.4 Å². The summed E-state index contributed by atoms with van der Waals surface area (Å²) < 4.78 is 2.14. The molecule has 0 aliphatic heterocycles. The van der Waals surface area contributed by atoms with Crippen molar-refractivity contribution in [3.05, 3.63) is 69.4 Å². The Morgan fingerprint density at radius 3 is 2.72 bits per heavy atom. The van der Waals surface area contributed by atoms with Crippen LogP contribution in [-0.4, -0.2) is 19.7 Å². The van der Waals surface area contributed by atoms with Gasteiger partial charge in [-0.15, -0.1) is 39.4 Å². The lowest BCUT2D eigenvalue weighted by atomic mass is 10.1. The van der Waals surface area contributed by atoms with Crippen LogP contribution in [0.4, 0.5) is 0 Å². The molecule has 0 aliphatic rings. The Morgan fingerprint density at radius 1 is 1.14 bits per heavy atom. The first kappa shape index (κ1) is 20.1. The molecule has 4 nitrogen and oxygen atoms in total. The lowest BCUT2D eigenvalue weighted by Gasteiger charge is -2.07. The fourth-order valence-corrected chi connectivity index (χ4v) is 5.67. The first-order chi connectivity index (χ1) is 14.1. The van der Waals surface area contributed by atoms with Gasteiger partial charge >= 0.3 is 0 Å². The highest BCUT2D eigenvalue weighted by molar-refractivity contribution is 7.98. The van der Waals surface area contributed by atoms with E-state index in [9.17, 15) is 0 Å². The third-order valence-corrected chi connectivity index (χ3v) is 7.67. The lowest BCUT2D eigenvalue weighted by molar-refractivity contribution is 0.731. The van der Waals surface area contributed by atoms with Crippen LogP contribution < -0.4 is 0 Å². The molecule has 3 aromatic heterocycles. The van der Waals surface area contributed by atoms with Gasteiger partial charge in [-0.05, 0) is 32.4 Å². The van der Waals surface area contributed by atoms with Gasteiger partial charge in [0, 0.05) is 39.1 Å². The van der Waals surface area contributed by atoms with Gasteiger partial charge < -0.3 is 0 Å². The maximum atomic E-state index is 4.82. The van der Waals surface area contributed by atoms with Crippen molar-refractivity contribution in [3.8, 4) is 22.0 Å². The summed E-state index contributed by atoms with van der Waals surface area (Å²) in [7, 11) is 0. The first-order valence-corrected chi connectivity index (χ1v) is 12.0. The Kier molecular flexibility index (Phi) is 5.99. The number of thioether (sulfide) groups is 1. The molecule has 0 unspecified atom stereocenters. The maximum Gasteiger partial charge on any atom is 0.192 e. The van der Waals surface area contributed by atoms with Crippen LogP contribution in [0.15, 0.2) is 52.8 Å². The molecule has 0 radical (unpaired) electrons. The van der Waals surface area contributed by atoms with Crippen LogP contribution in [0.25, 0.3) is 22.0 Å². The summed E-state index contributed by atoms with van der Waals surface area (Å²) in [6, 6.07) is 8.47. The van der Waals surface area contributed by atoms with Crippen LogP contribution in [0.5, 0.6) is 0 Å². The molecule has 29 heavy (non-hydrogen) atoms. The molecule has 0 amide bonds. The zero-order valence-electron chi connectivity index (χ0n) is 16.7. The van der Waals surface area contributed by atoms with E-state index in [4.69, 9.17) is 4.98 Å². The van der Waals surface area contributed by atoms with E-state index in [1.54, 1.807) is 34.4 Å². The summed E-state index contributed by atoms with van der Waals surface area (Å²) in [4.78, 5) is 6.13. The molecule has 0 saturated heterocycles. The Hall–Kier alpha value is -2.22. The molecular formula is C22H22N4S3. The predicted octanol–water partition coefficient (Wildman–Crippen LogP) is 6.53. The minimum absolute atomic E-state index is 0.685. The van der Waals surface area contributed by atoms with E-state index in [1.165, 1.54) is 21.6 Å². The Labute approximate surface area is 183 Å². The Morgan fingerprint density at radius 2 is 2.00 bits per heavy atom. The zero-order chi connectivity index (χ0) is 20.4. The van der Waals surface area contributed by atoms with Gasteiger partial charge in [-0.1, -0.05) is 41.6 Å². The van der Waals surface area contributed by atoms with Gasteiger partial charge in [0.05, 0.1) is 5.69 Å². The smallest absolute Gasteiger partial charge is 0.192 e. The minimum atomic E-state index is 0.685. The van der Waals surface area contributed by atoms with Crippen molar-refractivity contribution in [2.75, 3.05) is 0 Å². The maximum absolute atomic E-state index is 4.82. The van der Waals surface area contributed by atoms with Gasteiger partial charge in [0.2, 0.25) is 0 Å². The third kappa shape index (κ3) is 4.22. The quantitative estimate of drug-likeness (QED) is 0.243. The molecule has 0 saturated carbocycles. The number of aromatic nitrogens is 4. The average Bonchev–Trinajstić information content (AvgIpc) is 3.41. The summed E-state index contributed by atoms with van der Waals surface area (Å²) in [5.41, 5.74) is 5.91. The molecule has 3 heterocycles. The van der Waals surface area contributed by atoms with Crippen molar-refractivity contribution in [2.24, 2.45) is 0 Å². The molecule has 0 fully saturated rings. The van der Waals surface area contributed by atoms with Gasteiger partial charge in [-0.25, -0.2) is 4.98 Å². The SMILES string of the molecule is C=CCn1c(SCc2csc(-c3cccc(C)c3)n2)nnc1-c1csc(C)c1C. The summed E-state index contributed by atoms with van der Waals surface area (Å²) in [6.07, 6.45) is 1.89. The average molecular weight is 439 g/mol. The highest BCUT2D eigenvalue weighted by Crippen LogP contribution is 2.33. The van der Waals surface area contributed by atoms with E-state index in [0.717, 1.165) is 33.0 Å². The highest BCUT2D eigenvalue weighted by Gasteiger charge is 2.17. The fourth-order valence-electron chi connectivity index (χ4n) is 3.04. The molecular weight excluding hydrogens is 416 g/mol. The summed E-state index contributed by atoms with van der Waals surface area (Å²) in [6.45, 7) is 11.0. The van der Waals surface area contributed by atoms with Gasteiger partial charge in [-0.2, -0.15) is 0 Å². The second-order valence-electron chi connectivity index (χ2n) is 6.84. The number of benzene rings is 1. The van der Waals surface area contributed by atoms with Crippen LogP contribution in [0.1, 0.15) is 21.7 Å². The molecule has 148 valence electrons. The van der Waals surface area contributed by atoms with Gasteiger partial charge in [0.25, 0.3) is 0 Å². The van der Waals surface area contributed by atoms with Gasteiger partial charge in [0.1, 0.15) is 5.01 Å². The number of thiophene rings is 1. The number of aryl methyl sites for hydroxylation is 2. The molecule has 4 rings (SSSR count). The second kappa shape index (κ2) is 8.65. The van der Waals surface area contributed by atoms with Crippen molar-refractivity contribution < 1.29 is 0 Å². The first-order valence-electron chi connectivity index (χ1n) is 9.30. The van der Waals surface area contributed by atoms with E-state index in [1.807, 2.05) is 6.08 Å². The molecule has 7 heteroatoms.